The molecule has 5 rings (SSSR count). The Labute approximate surface area is 234 Å². The Bertz CT molecular complexity index is 1010. The van der Waals surface area contributed by atoms with Crippen LogP contribution in [0.4, 0.5) is 0 Å². The van der Waals surface area contributed by atoms with Gasteiger partial charge in [0.1, 0.15) is 12.2 Å². The van der Waals surface area contributed by atoms with E-state index in [1.165, 1.54) is 12.5 Å². The van der Waals surface area contributed by atoms with E-state index in [0.29, 0.717) is 12.3 Å². The summed E-state index contributed by atoms with van der Waals surface area (Å²) in [5.41, 5.74) is -0.744. The van der Waals surface area contributed by atoms with Crippen molar-refractivity contribution in [2.24, 2.45) is 45.3 Å². The fourth-order valence-electron chi connectivity index (χ4n) is 10.7. The monoisotopic (exact) mass is 548 g/mol. The number of rotatable bonds is 4. The van der Waals surface area contributed by atoms with Gasteiger partial charge >= 0.3 is 5.97 Å². The molecule has 5 aliphatic rings. The van der Waals surface area contributed by atoms with Crippen LogP contribution in [0.5, 0.6) is 0 Å². The molecular formula is C32H52O7. The maximum atomic E-state index is 12.5. The molecule has 7 nitrogen and oxygen atoms in total. The van der Waals surface area contributed by atoms with Gasteiger partial charge in [-0.2, -0.15) is 0 Å². The van der Waals surface area contributed by atoms with Gasteiger partial charge in [0.15, 0.2) is 6.29 Å². The third-order valence-corrected chi connectivity index (χ3v) is 12.8. The molecule has 3 saturated carbocycles. The first-order valence-corrected chi connectivity index (χ1v) is 15.2. The van der Waals surface area contributed by atoms with E-state index in [9.17, 15) is 25.2 Å². The van der Waals surface area contributed by atoms with Crippen LogP contribution in [0.15, 0.2) is 11.6 Å². The molecule has 0 radical (unpaired) electrons. The number of ether oxygens (including phenoxy) is 2. The zero-order valence-electron chi connectivity index (χ0n) is 25.2. The first-order valence-electron chi connectivity index (χ1n) is 15.2. The minimum absolute atomic E-state index is 0.0201. The largest absolute Gasteiger partial charge is 0.462 e. The van der Waals surface area contributed by atoms with Crippen LogP contribution in [0.1, 0.15) is 100 Å². The smallest absolute Gasteiger partial charge is 0.302 e. The molecule has 7 heteroatoms. The number of esters is 1. The summed E-state index contributed by atoms with van der Waals surface area (Å²) >= 11 is 0. The zero-order valence-corrected chi connectivity index (χ0v) is 25.2. The molecule has 0 aromatic carbocycles. The third kappa shape index (κ3) is 4.19. The Balaban J connectivity index is 1.50. The summed E-state index contributed by atoms with van der Waals surface area (Å²) in [6.07, 6.45) is 4.80. The molecule has 39 heavy (non-hydrogen) atoms. The molecule has 4 aliphatic carbocycles. The first-order chi connectivity index (χ1) is 17.9. The molecule has 0 aromatic rings. The number of fused-ring (bicyclic) bond motifs is 5. The summed E-state index contributed by atoms with van der Waals surface area (Å²) in [7, 11) is 0. The first kappa shape index (κ1) is 29.5. The molecule has 0 amide bonds. The number of hydrogen-bond donors (Lipinski definition) is 4. The van der Waals surface area contributed by atoms with E-state index >= 15 is 0 Å². The van der Waals surface area contributed by atoms with Gasteiger partial charge in [0.05, 0.1) is 17.8 Å². The van der Waals surface area contributed by atoms with Crippen molar-refractivity contribution < 1.29 is 34.7 Å². The van der Waals surface area contributed by atoms with E-state index in [-0.39, 0.29) is 57.6 Å². The molecule has 0 spiro atoms. The van der Waals surface area contributed by atoms with Crippen LogP contribution in [-0.4, -0.2) is 62.7 Å². The van der Waals surface area contributed by atoms with Crippen molar-refractivity contribution in [2.45, 2.75) is 137 Å². The number of allylic oxidation sites excluding steroid dienone is 1. The molecule has 12 atom stereocenters. The second-order valence-electron chi connectivity index (χ2n) is 15.6. The molecule has 0 unspecified atom stereocenters. The fourth-order valence-corrected chi connectivity index (χ4v) is 10.7. The van der Waals surface area contributed by atoms with Crippen molar-refractivity contribution in [3.63, 3.8) is 0 Å². The van der Waals surface area contributed by atoms with Crippen molar-refractivity contribution in [3.05, 3.63) is 11.6 Å². The summed E-state index contributed by atoms with van der Waals surface area (Å²) in [5, 5.41) is 43.2. The Morgan fingerprint density at radius 3 is 2.36 bits per heavy atom. The number of carbonyl (C=O) groups excluding carboxylic acids is 1. The van der Waals surface area contributed by atoms with Crippen LogP contribution in [0.2, 0.25) is 0 Å². The Morgan fingerprint density at radius 1 is 1.08 bits per heavy atom. The third-order valence-electron chi connectivity index (χ3n) is 12.8. The van der Waals surface area contributed by atoms with Crippen LogP contribution in [-0.2, 0) is 14.3 Å². The highest BCUT2D eigenvalue weighted by molar-refractivity contribution is 5.66. The zero-order chi connectivity index (χ0) is 28.9. The predicted octanol–water partition coefficient (Wildman–Crippen LogP) is 4.35. The van der Waals surface area contributed by atoms with Crippen molar-refractivity contribution >= 4 is 5.97 Å². The second-order valence-corrected chi connectivity index (χ2v) is 15.6. The lowest BCUT2D eigenvalue weighted by atomic mass is 9.37. The molecule has 1 aliphatic heterocycles. The highest BCUT2D eigenvalue weighted by Crippen LogP contribution is 2.74. The normalized spacial score (nSPS) is 49.9. The van der Waals surface area contributed by atoms with Gasteiger partial charge in [0.25, 0.3) is 0 Å². The highest BCUT2D eigenvalue weighted by Gasteiger charge is 2.69. The van der Waals surface area contributed by atoms with Gasteiger partial charge < -0.3 is 29.9 Å². The molecule has 4 N–H and O–H groups in total. The minimum atomic E-state index is -1.32. The summed E-state index contributed by atoms with van der Waals surface area (Å²) < 4.78 is 12.1. The van der Waals surface area contributed by atoms with Crippen LogP contribution < -0.4 is 0 Å². The van der Waals surface area contributed by atoms with Crippen molar-refractivity contribution in [2.75, 3.05) is 0 Å². The maximum absolute atomic E-state index is 12.5. The van der Waals surface area contributed by atoms with Gasteiger partial charge in [-0.1, -0.05) is 46.3 Å². The quantitative estimate of drug-likeness (QED) is 0.305. The van der Waals surface area contributed by atoms with E-state index in [2.05, 4.69) is 40.7 Å². The molecule has 222 valence electrons. The average Bonchev–Trinajstić information content (AvgIpc) is 3.36. The topological polar surface area (TPSA) is 116 Å². The SMILES string of the molecule is CC(=O)O[C@@H]1C[C@@H]2C(C)(C)[C@H](O)CC[C@]2(C)[C@@H]2CC[C@]3(C)C(=CC[C@H]3[C@@H]3C[C@H]([C@H](O)C(C)(C)O)O[C@H]3O)[C@]12C. The number of aliphatic hydroxyl groups is 4. The van der Waals surface area contributed by atoms with Gasteiger partial charge in [-0.15, -0.1) is 0 Å². The van der Waals surface area contributed by atoms with Crippen LogP contribution in [0.25, 0.3) is 0 Å². The summed E-state index contributed by atoms with van der Waals surface area (Å²) in [6, 6.07) is 0. The van der Waals surface area contributed by atoms with E-state index in [0.717, 1.165) is 38.5 Å². The fraction of sp³-hybridized carbons (Fsp3) is 0.906. The number of carbonyl (C=O) groups is 1. The van der Waals surface area contributed by atoms with Gasteiger partial charge in [0.2, 0.25) is 0 Å². The Kier molecular flexibility index (Phi) is 7.00. The summed E-state index contributed by atoms with van der Waals surface area (Å²) in [5.74, 6) is 0.268. The lowest BCUT2D eigenvalue weighted by molar-refractivity contribution is -0.223. The molecule has 0 bridgehead atoms. The van der Waals surface area contributed by atoms with Crippen LogP contribution in [0, 0.1) is 45.3 Å². The minimum Gasteiger partial charge on any atom is -0.462 e. The Morgan fingerprint density at radius 2 is 1.74 bits per heavy atom. The summed E-state index contributed by atoms with van der Waals surface area (Å²) in [4.78, 5) is 12.5. The van der Waals surface area contributed by atoms with Gasteiger partial charge in [-0.25, -0.2) is 0 Å². The van der Waals surface area contributed by atoms with E-state index < -0.39 is 24.1 Å². The van der Waals surface area contributed by atoms with Crippen molar-refractivity contribution in [1.29, 1.82) is 0 Å². The molecule has 0 aromatic heterocycles. The highest BCUT2D eigenvalue weighted by atomic mass is 16.6. The Hall–Kier alpha value is -0.990. The van der Waals surface area contributed by atoms with Crippen molar-refractivity contribution in [3.8, 4) is 0 Å². The molecule has 4 fully saturated rings. The van der Waals surface area contributed by atoms with E-state index in [1.54, 1.807) is 13.8 Å². The maximum Gasteiger partial charge on any atom is 0.302 e. The predicted molar refractivity (Wildman–Crippen MR) is 147 cm³/mol. The average molecular weight is 549 g/mol. The van der Waals surface area contributed by atoms with Gasteiger partial charge in [-0.05, 0) is 92.8 Å². The van der Waals surface area contributed by atoms with E-state index in [1.807, 2.05) is 0 Å². The van der Waals surface area contributed by atoms with Gasteiger partial charge in [-0.3, -0.25) is 4.79 Å². The van der Waals surface area contributed by atoms with Crippen LogP contribution in [0.3, 0.4) is 0 Å². The summed E-state index contributed by atoms with van der Waals surface area (Å²) in [6.45, 7) is 16.1. The van der Waals surface area contributed by atoms with Gasteiger partial charge in [0, 0.05) is 18.3 Å². The lowest BCUT2D eigenvalue weighted by Crippen LogP contribution is -2.66. The van der Waals surface area contributed by atoms with E-state index in [4.69, 9.17) is 9.47 Å². The number of aliphatic hydroxyl groups excluding tert-OH is 3. The van der Waals surface area contributed by atoms with Crippen molar-refractivity contribution in [1.82, 2.24) is 0 Å². The molecular weight excluding hydrogens is 496 g/mol. The lowest BCUT2D eigenvalue weighted by Gasteiger charge is -2.68. The standard InChI is InChI=1S/C32H52O7/c1-17(33)38-25-16-23-28(2,3)24(34)12-14-31(23,7)22-11-13-30(6)19(9-10-21(30)32(22,25)8)18-15-20(39-27(18)36)26(35)29(4,5)37/h10,18-20,22-27,34-37H,9,11-16H2,1-8H3/t18-,19-,20+,22-,23+,24+,25+,26-,27+,30-,31+,32-/m0/s1. The second kappa shape index (κ2) is 9.26. The molecule has 1 saturated heterocycles. The molecule has 1 heterocycles. The number of hydrogen-bond acceptors (Lipinski definition) is 7. The van der Waals surface area contributed by atoms with Crippen LogP contribution >= 0.6 is 0 Å².